The van der Waals surface area contributed by atoms with E-state index in [2.05, 4.69) is 15.5 Å². The Labute approximate surface area is 89.0 Å². The average Bonchev–Trinajstić information content (AvgIpc) is 2.49. The first-order chi connectivity index (χ1) is 6.97. The van der Waals surface area contributed by atoms with E-state index < -0.39 is 9.84 Å². The first-order valence-electron chi connectivity index (χ1n) is 4.65. The van der Waals surface area contributed by atoms with Crippen LogP contribution >= 0.6 is 0 Å². The van der Waals surface area contributed by atoms with E-state index in [4.69, 9.17) is 4.52 Å². The zero-order valence-corrected chi connectivity index (χ0v) is 9.67. The predicted octanol–water partition coefficient (Wildman–Crippen LogP) is -0.0977. The number of nitrogens with zero attached hydrogens (tertiary/aromatic N) is 2. The van der Waals surface area contributed by atoms with Crippen molar-refractivity contribution in [2.45, 2.75) is 19.9 Å². The van der Waals surface area contributed by atoms with Gasteiger partial charge in [0.2, 0.25) is 5.89 Å². The average molecular weight is 233 g/mol. The van der Waals surface area contributed by atoms with E-state index in [0.717, 1.165) is 0 Å². The molecular formula is C8H15N3O3S. The van der Waals surface area contributed by atoms with Crippen molar-refractivity contribution >= 4 is 9.84 Å². The summed E-state index contributed by atoms with van der Waals surface area (Å²) in [5, 5.41) is 6.66. The van der Waals surface area contributed by atoms with Gasteiger partial charge in [0.05, 0.1) is 12.3 Å². The van der Waals surface area contributed by atoms with Gasteiger partial charge in [-0.05, 0) is 19.9 Å². The van der Waals surface area contributed by atoms with Crippen LogP contribution in [0.3, 0.4) is 0 Å². The lowest BCUT2D eigenvalue weighted by Gasteiger charge is -2.00. The van der Waals surface area contributed by atoms with Gasteiger partial charge in [-0.3, -0.25) is 0 Å². The van der Waals surface area contributed by atoms with Gasteiger partial charge in [-0.1, -0.05) is 5.16 Å². The number of sulfone groups is 1. The van der Waals surface area contributed by atoms with Gasteiger partial charge in [-0.15, -0.1) is 0 Å². The zero-order valence-electron chi connectivity index (χ0n) is 8.86. The van der Waals surface area contributed by atoms with E-state index in [1.807, 2.05) is 0 Å². The van der Waals surface area contributed by atoms with Crippen molar-refractivity contribution in [3.8, 4) is 0 Å². The molecule has 1 aromatic heterocycles. The highest BCUT2D eigenvalue weighted by molar-refractivity contribution is 7.90. The monoisotopic (exact) mass is 233 g/mol. The van der Waals surface area contributed by atoms with Crippen LogP contribution < -0.4 is 5.32 Å². The molecule has 0 atom stereocenters. The summed E-state index contributed by atoms with van der Waals surface area (Å²) in [6.07, 6.45) is 1.82. The number of nitrogens with one attached hydrogen (secondary N) is 1. The van der Waals surface area contributed by atoms with Crippen LogP contribution in [0.15, 0.2) is 4.52 Å². The second-order valence-electron chi connectivity index (χ2n) is 3.40. The number of hydrogen-bond acceptors (Lipinski definition) is 6. The van der Waals surface area contributed by atoms with Crippen LogP contribution in [-0.2, 0) is 16.4 Å². The van der Waals surface area contributed by atoms with Crippen LogP contribution in [0.4, 0.5) is 0 Å². The minimum absolute atomic E-state index is 0.197. The molecule has 1 heterocycles. The van der Waals surface area contributed by atoms with E-state index in [0.29, 0.717) is 31.2 Å². The molecule has 0 radical (unpaired) electrons. The van der Waals surface area contributed by atoms with Crippen molar-refractivity contribution < 1.29 is 12.9 Å². The molecular weight excluding hydrogens is 218 g/mol. The summed E-state index contributed by atoms with van der Waals surface area (Å²) in [5.74, 6) is 1.32. The molecule has 0 saturated carbocycles. The molecule has 7 heteroatoms. The van der Waals surface area contributed by atoms with Crippen LogP contribution in [0.25, 0.3) is 0 Å². The molecule has 15 heavy (non-hydrogen) atoms. The summed E-state index contributed by atoms with van der Waals surface area (Å²) >= 11 is 0. The first kappa shape index (κ1) is 12.1. The lowest BCUT2D eigenvalue weighted by Crippen LogP contribution is -2.18. The normalized spacial score (nSPS) is 11.9. The van der Waals surface area contributed by atoms with Gasteiger partial charge in [-0.25, -0.2) is 8.42 Å². The second kappa shape index (κ2) is 5.22. The maximum Gasteiger partial charge on any atom is 0.240 e. The fourth-order valence-electron chi connectivity index (χ4n) is 1.07. The van der Waals surface area contributed by atoms with Crippen molar-refractivity contribution in [2.75, 3.05) is 18.6 Å². The lowest BCUT2D eigenvalue weighted by molar-refractivity contribution is 0.364. The zero-order chi connectivity index (χ0) is 11.3. The summed E-state index contributed by atoms with van der Waals surface area (Å²) in [7, 11) is -2.86. The second-order valence-corrected chi connectivity index (χ2v) is 5.66. The molecule has 0 unspecified atom stereocenters. The third-order valence-electron chi connectivity index (χ3n) is 1.71. The number of aryl methyl sites for hydroxylation is 1. The highest BCUT2D eigenvalue weighted by Gasteiger charge is 2.03. The van der Waals surface area contributed by atoms with Crippen LogP contribution in [0, 0.1) is 6.92 Å². The van der Waals surface area contributed by atoms with E-state index in [-0.39, 0.29) is 5.75 Å². The number of hydrogen-bond donors (Lipinski definition) is 1. The molecule has 0 bridgehead atoms. The van der Waals surface area contributed by atoms with Gasteiger partial charge in [-0.2, -0.15) is 4.98 Å². The molecule has 0 amide bonds. The summed E-state index contributed by atoms with van der Waals surface area (Å²) in [4.78, 5) is 4.00. The Morgan fingerprint density at radius 3 is 2.73 bits per heavy atom. The van der Waals surface area contributed by atoms with Gasteiger partial charge in [0, 0.05) is 6.26 Å². The van der Waals surface area contributed by atoms with Gasteiger partial charge in [0.15, 0.2) is 5.82 Å². The van der Waals surface area contributed by atoms with Crippen molar-refractivity contribution in [3.63, 3.8) is 0 Å². The summed E-state index contributed by atoms with van der Waals surface area (Å²) < 4.78 is 26.5. The van der Waals surface area contributed by atoms with Gasteiger partial charge < -0.3 is 9.84 Å². The van der Waals surface area contributed by atoms with Crippen molar-refractivity contribution in [1.29, 1.82) is 0 Å². The molecule has 1 rings (SSSR count). The molecule has 0 aromatic carbocycles. The van der Waals surface area contributed by atoms with E-state index >= 15 is 0 Å². The summed E-state index contributed by atoms with van der Waals surface area (Å²) in [5.41, 5.74) is 0. The molecule has 6 nitrogen and oxygen atoms in total. The van der Waals surface area contributed by atoms with Gasteiger partial charge in [0.1, 0.15) is 9.84 Å². The van der Waals surface area contributed by atoms with Crippen LogP contribution in [-0.4, -0.2) is 37.1 Å². The highest BCUT2D eigenvalue weighted by Crippen LogP contribution is 1.94. The van der Waals surface area contributed by atoms with E-state index in [1.54, 1.807) is 6.92 Å². The molecule has 0 aliphatic carbocycles. The third kappa shape index (κ3) is 5.48. The number of rotatable bonds is 6. The third-order valence-corrected chi connectivity index (χ3v) is 2.74. The van der Waals surface area contributed by atoms with Crippen molar-refractivity contribution in [3.05, 3.63) is 11.7 Å². The van der Waals surface area contributed by atoms with Crippen LogP contribution in [0.1, 0.15) is 18.1 Å². The topological polar surface area (TPSA) is 85.1 Å². The Kier molecular flexibility index (Phi) is 4.22. The smallest absolute Gasteiger partial charge is 0.240 e. The Morgan fingerprint density at radius 2 is 2.20 bits per heavy atom. The molecule has 86 valence electrons. The summed E-state index contributed by atoms with van der Waals surface area (Å²) in [6.45, 7) is 2.84. The Balaban J connectivity index is 2.12. The first-order valence-corrected chi connectivity index (χ1v) is 6.71. The lowest BCUT2D eigenvalue weighted by atomic mass is 10.4. The molecule has 0 aliphatic heterocycles. The van der Waals surface area contributed by atoms with Crippen molar-refractivity contribution in [2.24, 2.45) is 0 Å². The quantitative estimate of drug-likeness (QED) is 0.691. The largest absolute Gasteiger partial charge is 0.338 e. The van der Waals surface area contributed by atoms with Gasteiger partial charge in [0.25, 0.3) is 0 Å². The highest BCUT2D eigenvalue weighted by atomic mass is 32.2. The van der Waals surface area contributed by atoms with Crippen LogP contribution in [0.2, 0.25) is 0 Å². The van der Waals surface area contributed by atoms with Crippen LogP contribution in [0.5, 0.6) is 0 Å². The predicted molar refractivity (Wildman–Crippen MR) is 55.1 cm³/mol. The van der Waals surface area contributed by atoms with E-state index in [1.165, 1.54) is 6.26 Å². The molecule has 0 spiro atoms. The SMILES string of the molecule is Cc1noc(CNCCCS(C)(=O)=O)n1. The fourth-order valence-corrected chi connectivity index (χ4v) is 1.74. The van der Waals surface area contributed by atoms with E-state index in [9.17, 15) is 8.42 Å². The Morgan fingerprint density at radius 1 is 1.47 bits per heavy atom. The minimum atomic E-state index is -2.86. The maximum atomic E-state index is 10.8. The Bertz CT molecular complexity index is 399. The standard InChI is InChI=1S/C8H15N3O3S/c1-7-10-8(14-11-7)6-9-4-3-5-15(2,12)13/h9H,3-6H2,1-2H3. The van der Waals surface area contributed by atoms with Crippen molar-refractivity contribution in [1.82, 2.24) is 15.5 Å². The molecule has 0 aliphatic rings. The fraction of sp³-hybridized carbons (Fsp3) is 0.750. The molecule has 0 fully saturated rings. The Hall–Kier alpha value is -0.950. The molecule has 1 aromatic rings. The van der Waals surface area contributed by atoms with Gasteiger partial charge >= 0.3 is 0 Å². The molecule has 1 N–H and O–H groups in total. The number of aromatic nitrogens is 2. The minimum Gasteiger partial charge on any atom is -0.338 e. The summed E-state index contributed by atoms with van der Waals surface area (Å²) in [6, 6.07) is 0. The maximum absolute atomic E-state index is 10.8. The molecule has 0 saturated heterocycles.